The first-order chi connectivity index (χ1) is 9.34. The van der Waals surface area contributed by atoms with Gasteiger partial charge in [0.2, 0.25) is 0 Å². The first kappa shape index (κ1) is 12.9. The Morgan fingerprint density at radius 2 is 2.00 bits per heavy atom. The van der Waals surface area contributed by atoms with Crippen LogP contribution in [0.15, 0.2) is 47.8 Å². The standard InChI is InChI=1S/C16H20N2S/c17-14-8-4-10-18(12-13-6-2-1-3-7-13)16(14)15-9-5-11-19-15/h1-3,5-7,9,11,14,16H,4,8,10,12,17H2. The van der Waals surface area contributed by atoms with Crippen LogP contribution in [0.1, 0.15) is 29.3 Å². The zero-order chi connectivity index (χ0) is 13.1. The summed E-state index contributed by atoms with van der Waals surface area (Å²) in [7, 11) is 0. The number of thiophene rings is 1. The lowest BCUT2D eigenvalue weighted by molar-refractivity contribution is 0.123. The van der Waals surface area contributed by atoms with Crippen LogP contribution >= 0.6 is 11.3 Å². The number of nitrogens with two attached hydrogens (primary N) is 1. The van der Waals surface area contributed by atoms with E-state index in [0.29, 0.717) is 6.04 Å². The van der Waals surface area contributed by atoms with Crippen LogP contribution < -0.4 is 5.73 Å². The molecule has 0 bridgehead atoms. The van der Waals surface area contributed by atoms with Crippen LogP contribution in [0, 0.1) is 0 Å². The smallest absolute Gasteiger partial charge is 0.0596 e. The van der Waals surface area contributed by atoms with Crippen molar-refractivity contribution in [3.63, 3.8) is 0 Å². The van der Waals surface area contributed by atoms with Crippen molar-refractivity contribution in [2.75, 3.05) is 6.54 Å². The molecule has 1 aliphatic rings. The molecule has 19 heavy (non-hydrogen) atoms. The molecule has 2 nitrogen and oxygen atoms in total. The van der Waals surface area contributed by atoms with Gasteiger partial charge in [0, 0.05) is 17.5 Å². The van der Waals surface area contributed by atoms with Crippen LogP contribution in [-0.4, -0.2) is 17.5 Å². The quantitative estimate of drug-likeness (QED) is 0.927. The van der Waals surface area contributed by atoms with Crippen molar-refractivity contribution in [1.29, 1.82) is 0 Å². The van der Waals surface area contributed by atoms with Crippen molar-refractivity contribution in [2.45, 2.75) is 31.5 Å². The van der Waals surface area contributed by atoms with E-state index in [-0.39, 0.29) is 6.04 Å². The molecule has 2 unspecified atom stereocenters. The van der Waals surface area contributed by atoms with E-state index in [1.807, 2.05) is 11.3 Å². The minimum absolute atomic E-state index is 0.260. The third-order valence-electron chi connectivity index (χ3n) is 3.84. The number of hydrogen-bond acceptors (Lipinski definition) is 3. The zero-order valence-electron chi connectivity index (χ0n) is 11.0. The Hall–Kier alpha value is -1.16. The van der Waals surface area contributed by atoms with E-state index in [1.54, 1.807) is 0 Å². The van der Waals surface area contributed by atoms with Crippen molar-refractivity contribution in [3.8, 4) is 0 Å². The molecule has 1 aromatic carbocycles. The van der Waals surface area contributed by atoms with Gasteiger partial charge in [0.1, 0.15) is 0 Å². The Kier molecular flexibility index (Phi) is 3.97. The lowest BCUT2D eigenvalue weighted by Crippen LogP contribution is -2.45. The van der Waals surface area contributed by atoms with Gasteiger partial charge >= 0.3 is 0 Å². The van der Waals surface area contributed by atoms with Gasteiger partial charge in [0.05, 0.1) is 6.04 Å². The molecule has 2 N–H and O–H groups in total. The van der Waals surface area contributed by atoms with Gasteiger partial charge in [-0.2, -0.15) is 0 Å². The summed E-state index contributed by atoms with van der Waals surface area (Å²) < 4.78 is 0. The topological polar surface area (TPSA) is 29.3 Å². The van der Waals surface area contributed by atoms with Crippen LogP contribution in [0.5, 0.6) is 0 Å². The number of piperidine rings is 1. The Morgan fingerprint density at radius 1 is 1.16 bits per heavy atom. The summed E-state index contributed by atoms with van der Waals surface area (Å²) in [6.07, 6.45) is 2.34. The minimum atomic E-state index is 0.260. The molecule has 0 spiro atoms. The zero-order valence-corrected chi connectivity index (χ0v) is 11.9. The number of hydrogen-bond donors (Lipinski definition) is 1. The second-order valence-electron chi connectivity index (χ2n) is 5.22. The number of nitrogens with zero attached hydrogens (tertiary/aromatic N) is 1. The van der Waals surface area contributed by atoms with E-state index in [2.05, 4.69) is 52.7 Å². The molecule has 1 saturated heterocycles. The van der Waals surface area contributed by atoms with E-state index in [9.17, 15) is 0 Å². The SMILES string of the molecule is NC1CCCN(Cc2ccccc2)C1c1cccs1. The fourth-order valence-corrected chi connectivity index (χ4v) is 3.88. The summed E-state index contributed by atoms with van der Waals surface area (Å²) >= 11 is 1.83. The fourth-order valence-electron chi connectivity index (χ4n) is 2.94. The average molecular weight is 272 g/mol. The van der Waals surface area contributed by atoms with Gasteiger partial charge < -0.3 is 5.73 Å². The summed E-state index contributed by atoms with van der Waals surface area (Å²) in [6, 6.07) is 15.7. The molecule has 1 fully saturated rings. The van der Waals surface area contributed by atoms with Crippen LogP contribution in [-0.2, 0) is 6.54 Å². The summed E-state index contributed by atoms with van der Waals surface area (Å²) in [5, 5.41) is 2.15. The predicted molar refractivity (Wildman–Crippen MR) is 81.1 cm³/mol. The molecule has 2 atom stereocenters. The maximum Gasteiger partial charge on any atom is 0.0596 e. The van der Waals surface area contributed by atoms with Gasteiger partial charge in [-0.1, -0.05) is 36.4 Å². The highest BCUT2D eigenvalue weighted by molar-refractivity contribution is 7.10. The summed E-state index contributed by atoms with van der Waals surface area (Å²) in [5.74, 6) is 0. The molecule has 0 radical (unpaired) electrons. The molecule has 0 amide bonds. The molecular weight excluding hydrogens is 252 g/mol. The summed E-state index contributed by atoms with van der Waals surface area (Å²) in [6.45, 7) is 2.14. The Bertz CT molecular complexity index is 495. The van der Waals surface area contributed by atoms with Crippen molar-refractivity contribution in [3.05, 3.63) is 58.3 Å². The summed E-state index contributed by atoms with van der Waals surface area (Å²) in [5.41, 5.74) is 7.75. The molecule has 3 rings (SSSR count). The molecular formula is C16H20N2S. The van der Waals surface area contributed by atoms with Crippen LogP contribution in [0.4, 0.5) is 0 Å². The normalized spacial score (nSPS) is 24.5. The fraction of sp³-hybridized carbons (Fsp3) is 0.375. The first-order valence-electron chi connectivity index (χ1n) is 6.91. The van der Waals surface area contributed by atoms with Crippen molar-refractivity contribution in [1.82, 2.24) is 4.90 Å². The molecule has 1 aliphatic heterocycles. The average Bonchev–Trinajstić information content (AvgIpc) is 2.94. The van der Waals surface area contributed by atoms with E-state index in [1.165, 1.54) is 16.9 Å². The third kappa shape index (κ3) is 2.89. The lowest BCUT2D eigenvalue weighted by Gasteiger charge is -2.39. The summed E-state index contributed by atoms with van der Waals surface area (Å²) in [4.78, 5) is 3.94. The molecule has 3 heteroatoms. The van der Waals surface area contributed by atoms with Crippen LogP contribution in [0.25, 0.3) is 0 Å². The molecule has 100 valence electrons. The Labute approximate surface area is 118 Å². The van der Waals surface area contributed by atoms with E-state index in [4.69, 9.17) is 5.73 Å². The second kappa shape index (κ2) is 5.87. The number of likely N-dealkylation sites (tertiary alicyclic amines) is 1. The van der Waals surface area contributed by atoms with Crippen molar-refractivity contribution < 1.29 is 0 Å². The molecule has 0 aliphatic carbocycles. The van der Waals surface area contributed by atoms with Crippen LogP contribution in [0.2, 0.25) is 0 Å². The number of benzene rings is 1. The molecule has 2 aromatic rings. The largest absolute Gasteiger partial charge is 0.326 e. The minimum Gasteiger partial charge on any atom is -0.326 e. The second-order valence-corrected chi connectivity index (χ2v) is 6.20. The van der Waals surface area contributed by atoms with Gasteiger partial charge in [-0.3, -0.25) is 4.90 Å². The highest BCUT2D eigenvalue weighted by Gasteiger charge is 2.30. The van der Waals surface area contributed by atoms with E-state index in [0.717, 1.165) is 19.5 Å². The monoisotopic (exact) mass is 272 g/mol. The molecule has 0 saturated carbocycles. The van der Waals surface area contributed by atoms with Crippen LogP contribution in [0.3, 0.4) is 0 Å². The van der Waals surface area contributed by atoms with Gasteiger partial charge in [-0.05, 0) is 36.4 Å². The number of rotatable bonds is 3. The maximum absolute atomic E-state index is 6.38. The van der Waals surface area contributed by atoms with Gasteiger partial charge in [-0.15, -0.1) is 11.3 Å². The van der Waals surface area contributed by atoms with Crippen molar-refractivity contribution >= 4 is 11.3 Å². The van der Waals surface area contributed by atoms with Gasteiger partial charge in [0.15, 0.2) is 0 Å². The first-order valence-corrected chi connectivity index (χ1v) is 7.79. The van der Waals surface area contributed by atoms with Gasteiger partial charge in [-0.25, -0.2) is 0 Å². The van der Waals surface area contributed by atoms with E-state index < -0.39 is 0 Å². The predicted octanol–water partition coefficient (Wildman–Crippen LogP) is 3.41. The Balaban J connectivity index is 1.81. The lowest BCUT2D eigenvalue weighted by atomic mass is 9.95. The van der Waals surface area contributed by atoms with Crippen molar-refractivity contribution in [2.24, 2.45) is 5.73 Å². The molecule has 1 aromatic heterocycles. The highest BCUT2D eigenvalue weighted by Crippen LogP contribution is 2.33. The van der Waals surface area contributed by atoms with E-state index >= 15 is 0 Å². The van der Waals surface area contributed by atoms with Gasteiger partial charge in [0.25, 0.3) is 0 Å². The highest BCUT2D eigenvalue weighted by atomic mass is 32.1. The maximum atomic E-state index is 6.38. The Morgan fingerprint density at radius 3 is 2.74 bits per heavy atom. The third-order valence-corrected chi connectivity index (χ3v) is 4.79. The molecule has 2 heterocycles.